The number of amides is 1. The number of methoxy groups -OCH3 is 1. The van der Waals surface area contributed by atoms with Gasteiger partial charge in [0.15, 0.2) is 17.4 Å². The van der Waals surface area contributed by atoms with Gasteiger partial charge in [-0.05, 0) is 12.5 Å². The van der Waals surface area contributed by atoms with Crippen LogP contribution in [0.2, 0.25) is 0 Å². The number of hydrogen-bond donors (Lipinski definition) is 1. The molecule has 1 amide bonds. The fourth-order valence-corrected chi connectivity index (χ4v) is 1.99. The van der Waals surface area contributed by atoms with E-state index in [4.69, 9.17) is 4.42 Å². The zero-order chi connectivity index (χ0) is 13.1. The van der Waals surface area contributed by atoms with Gasteiger partial charge in [-0.15, -0.1) is 0 Å². The number of nitrogens with zero attached hydrogens (tertiary/aromatic N) is 1. The molecule has 18 heavy (non-hydrogen) atoms. The molecule has 0 spiro atoms. The molecule has 1 saturated heterocycles. The highest BCUT2D eigenvalue weighted by molar-refractivity contribution is 5.91. The minimum Gasteiger partial charge on any atom is -0.453 e. The predicted molar refractivity (Wildman–Crippen MR) is 64.9 cm³/mol. The fourth-order valence-electron chi connectivity index (χ4n) is 1.99. The van der Waals surface area contributed by atoms with E-state index in [1.54, 1.807) is 12.1 Å². The highest BCUT2D eigenvalue weighted by atomic mass is 16.5. The minimum absolute atomic E-state index is 0.0447. The predicted octanol–water partition coefficient (Wildman–Crippen LogP) is 1.42. The van der Waals surface area contributed by atoms with E-state index in [-0.39, 0.29) is 11.8 Å². The van der Waals surface area contributed by atoms with Crippen molar-refractivity contribution in [2.75, 3.05) is 25.1 Å². The Kier molecular flexibility index (Phi) is 3.55. The number of carbonyl (C=O) groups is 2. The van der Waals surface area contributed by atoms with Gasteiger partial charge in [0, 0.05) is 26.1 Å². The summed E-state index contributed by atoms with van der Waals surface area (Å²) in [5.41, 5.74) is 0. The molecule has 1 unspecified atom stereocenters. The summed E-state index contributed by atoms with van der Waals surface area (Å²) >= 11 is 0. The molecular weight excluding hydrogens is 236 g/mol. The van der Waals surface area contributed by atoms with E-state index in [2.05, 4.69) is 10.1 Å². The Morgan fingerprint density at radius 2 is 2.28 bits per heavy atom. The highest BCUT2D eigenvalue weighted by Gasteiger charge is 2.26. The summed E-state index contributed by atoms with van der Waals surface area (Å²) in [6.07, 6.45) is 0.399. The van der Waals surface area contributed by atoms with E-state index in [1.165, 1.54) is 14.0 Å². The van der Waals surface area contributed by atoms with Crippen molar-refractivity contribution < 1.29 is 18.7 Å². The van der Waals surface area contributed by atoms with Gasteiger partial charge < -0.3 is 19.4 Å². The van der Waals surface area contributed by atoms with E-state index in [0.717, 1.165) is 13.0 Å². The SMILES string of the molecule is COC(=O)NC1CCN(c2ccc(C(C)=O)o2)C1. The van der Waals surface area contributed by atoms with Gasteiger partial charge in [0.05, 0.1) is 13.2 Å². The molecule has 1 N–H and O–H groups in total. The maximum absolute atomic E-state index is 11.1. The third kappa shape index (κ3) is 2.64. The Morgan fingerprint density at radius 3 is 2.89 bits per heavy atom. The van der Waals surface area contributed by atoms with Gasteiger partial charge in [-0.3, -0.25) is 4.79 Å². The van der Waals surface area contributed by atoms with Crippen LogP contribution in [0.4, 0.5) is 10.7 Å². The van der Waals surface area contributed by atoms with Gasteiger partial charge >= 0.3 is 6.09 Å². The second-order valence-electron chi connectivity index (χ2n) is 4.26. The van der Waals surface area contributed by atoms with Crippen LogP contribution in [0.25, 0.3) is 0 Å². The first-order valence-corrected chi connectivity index (χ1v) is 5.80. The average Bonchev–Trinajstić information content (AvgIpc) is 2.96. The van der Waals surface area contributed by atoms with E-state index in [0.29, 0.717) is 18.2 Å². The van der Waals surface area contributed by atoms with Crippen LogP contribution in [0, 0.1) is 0 Å². The lowest BCUT2D eigenvalue weighted by Gasteiger charge is -2.15. The molecule has 6 nitrogen and oxygen atoms in total. The largest absolute Gasteiger partial charge is 0.453 e. The van der Waals surface area contributed by atoms with E-state index < -0.39 is 6.09 Å². The van der Waals surface area contributed by atoms with Crippen molar-refractivity contribution in [3.63, 3.8) is 0 Å². The van der Waals surface area contributed by atoms with E-state index in [1.807, 2.05) is 4.90 Å². The topological polar surface area (TPSA) is 71.8 Å². The van der Waals surface area contributed by atoms with Crippen LogP contribution in [0.3, 0.4) is 0 Å². The zero-order valence-corrected chi connectivity index (χ0v) is 10.4. The van der Waals surface area contributed by atoms with Gasteiger partial charge in [0.25, 0.3) is 0 Å². The van der Waals surface area contributed by atoms with Crippen LogP contribution < -0.4 is 10.2 Å². The number of alkyl carbamates (subject to hydrolysis) is 1. The average molecular weight is 252 g/mol. The number of hydrogen-bond acceptors (Lipinski definition) is 5. The molecule has 2 heterocycles. The molecule has 0 aliphatic carbocycles. The summed E-state index contributed by atoms with van der Waals surface area (Å²) < 4.78 is 9.99. The molecule has 0 radical (unpaired) electrons. The lowest BCUT2D eigenvalue weighted by atomic mass is 10.3. The highest BCUT2D eigenvalue weighted by Crippen LogP contribution is 2.23. The summed E-state index contributed by atoms with van der Waals surface area (Å²) in [5.74, 6) is 0.924. The summed E-state index contributed by atoms with van der Waals surface area (Å²) in [6, 6.07) is 3.49. The van der Waals surface area contributed by atoms with Crippen LogP contribution in [-0.2, 0) is 4.74 Å². The molecule has 0 saturated carbocycles. The van der Waals surface area contributed by atoms with Crippen molar-refractivity contribution in [3.8, 4) is 0 Å². The molecular formula is C12H16N2O4. The smallest absolute Gasteiger partial charge is 0.407 e. The van der Waals surface area contributed by atoms with Crippen LogP contribution >= 0.6 is 0 Å². The molecule has 6 heteroatoms. The first-order valence-electron chi connectivity index (χ1n) is 5.80. The number of Topliss-reactive ketones (excluding diaryl/α,β-unsaturated/α-hetero) is 1. The minimum atomic E-state index is -0.425. The molecule has 1 atom stereocenters. The van der Waals surface area contributed by atoms with Crippen LogP contribution in [0.5, 0.6) is 0 Å². The molecule has 1 fully saturated rings. The number of nitrogens with one attached hydrogen (secondary N) is 1. The number of furan rings is 1. The Hall–Kier alpha value is -1.98. The molecule has 0 aromatic carbocycles. The van der Waals surface area contributed by atoms with Crippen LogP contribution in [0.15, 0.2) is 16.5 Å². The Labute approximate surface area is 105 Å². The zero-order valence-electron chi connectivity index (χ0n) is 10.4. The molecule has 1 aromatic heterocycles. The second kappa shape index (κ2) is 5.12. The van der Waals surface area contributed by atoms with E-state index in [9.17, 15) is 9.59 Å². The van der Waals surface area contributed by atoms with Gasteiger partial charge in [-0.2, -0.15) is 0 Å². The number of carbonyl (C=O) groups excluding carboxylic acids is 2. The van der Waals surface area contributed by atoms with Gasteiger partial charge in [-0.25, -0.2) is 4.79 Å². The monoisotopic (exact) mass is 252 g/mol. The van der Waals surface area contributed by atoms with Crippen LogP contribution in [-0.4, -0.2) is 38.1 Å². The third-order valence-corrected chi connectivity index (χ3v) is 2.95. The maximum Gasteiger partial charge on any atom is 0.407 e. The Bertz CT molecular complexity index is 455. The van der Waals surface area contributed by atoms with Gasteiger partial charge in [-0.1, -0.05) is 0 Å². The number of anilines is 1. The summed E-state index contributed by atoms with van der Waals surface area (Å²) in [7, 11) is 1.34. The van der Waals surface area contributed by atoms with Crippen molar-refractivity contribution in [1.82, 2.24) is 5.32 Å². The quantitative estimate of drug-likeness (QED) is 0.824. The molecule has 98 valence electrons. The molecule has 1 aromatic rings. The lowest BCUT2D eigenvalue weighted by Crippen LogP contribution is -2.36. The van der Waals surface area contributed by atoms with Crippen molar-refractivity contribution in [2.45, 2.75) is 19.4 Å². The number of ether oxygens (including phenoxy) is 1. The molecule has 1 aliphatic heterocycles. The first-order chi connectivity index (χ1) is 8.60. The van der Waals surface area contributed by atoms with Gasteiger partial charge in [0.2, 0.25) is 0 Å². The molecule has 2 rings (SSSR count). The Morgan fingerprint density at radius 1 is 1.50 bits per heavy atom. The number of rotatable bonds is 3. The molecule has 0 bridgehead atoms. The van der Waals surface area contributed by atoms with Crippen molar-refractivity contribution in [2.24, 2.45) is 0 Å². The van der Waals surface area contributed by atoms with Crippen molar-refractivity contribution >= 4 is 17.8 Å². The first kappa shape index (κ1) is 12.5. The summed E-state index contributed by atoms with van der Waals surface area (Å²) in [4.78, 5) is 24.2. The lowest BCUT2D eigenvalue weighted by molar-refractivity contribution is 0.0988. The second-order valence-corrected chi connectivity index (χ2v) is 4.26. The third-order valence-electron chi connectivity index (χ3n) is 2.95. The van der Waals surface area contributed by atoms with Crippen molar-refractivity contribution in [1.29, 1.82) is 0 Å². The summed E-state index contributed by atoms with van der Waals surface area (Å²) in [6.45, 7) is 2.90. The maximum atomic E-state index is 11.1. The van der Waals surface area contributed by atoms with E-state index >= 15 is 0 Å². The van der Waals surface area contributed by atoms with Crippen LogP contribution in [0.1, 0.15) is 23.9 Å². The normalized spacial score (nSPS) is 18.8. The standard InChI is InChI=1S/C12H16N2O4/c1-8(15)10-3-4-11(18-10)14-6-5-9(7-14)13-12(16)17-2/h3-4,9H,5-7H2,1-2H3,(H,13,16). The Balaban J connectivity index is 1.95. The summed E-state index contributed by atoms with van der Waals surface area (Å²) in [5, 5.41) is 2.75. The molecule has 1 aliphatic rings. The number of ketones is 1. The van der Waals surface area contributed by atoms with Gasteiger partial charge in [0.1, 0.15) is 0 Å². The van der Waals surface area contributed by atoms with Crippen molar-refractivity contribution in [3.05, 3.63) is 17.9 Å². The fraction of sp³-hybridized carbons (Fsp3) is 0.500.